The van der Waals surface area contributed by atoms with Crippen LogP contribution < -0.4 is 5.73 Å². The van der Waals surface area contributed by atoms with E-state index in [-0.39, 0.29) is 23.6 Å². The van der Waals surface area contributed by atoms with Gasteiger partial charge >= 0.3 is 0 Å². The minimum Gasteiger partial charge on any atom is -0.334 e. The van der Waals surface area contributed by atoms with E-state index in [1.54, 1.807) is 17.0 Å². The third kappa shape index (κ3) is 2.95. The Labute approximate surface area is 113 Å². The van der Waals surface area contributed by atoms with Gasteiger partial charge in [0.05, 0.1) is 5.56 Å². The molecule has 0 unspecified atom stereocenters. The highest BCUT2D eigenvalue weighted by atomic mass is 19.1. The number of likely N-dealkylation sites (tertiary alicyclic amines) is 1. The molecule has 1 aromatic rings. The largest absolute Gasteiger partial charge is 0.334 e. The number of nitrogens with two attached hydrogens (primary N) is 1. The summed E-state index contributed by atoms with van der Waals surface area (Å²) in [5, 5.41) is 0. The molecule has 0 saturated carbocycles. The maximum Gasteiger partial charge on any atom is 0.257 e. The van der Waals surface area contributed by atoms with Crippen LogP contribution in [0.25, 0.3) is 0 Å². The molecule has 1 amide bonds. The molecule has 1 aromatic carbocycles. The predicted molar refractivity (Wildman–Crippen MR) is 73.5 cm³/mol. The maximum absolute atomic E-state index is 13.8. The lowest BCUT2D eigenvalue weighted by Gasteiger charge is -2.38. The fourth-order valence-electron chi connectivity index (χ4n) is 2.71. The Morgan fingerprint density at radius 1 is 1.47 bits per heavy atom. The second-order valence-electron chi connectivity index (χ2n) is 5.40. The molecule has 0 aliphatic carbocycles. The minimum absolute atomic E-state index is 0.0150. The van der Waals surface area contributed by atoms with E-state index in [4.69, 9.17) is 5.73 Å². The Balaban J connectivity index is 2.28. The second-order valence-corrected chi connectivity index (χ2v) is 5.40. The van der Waals surface area contributed by atoms with E-state index in [1.165, 1.54) is 6.07 Å². The molecule has 19 heavy (non-hydrogen) atoms. The molecule has 2 N–H and O–H groups in total. The van der Waals surface area contributed by atoms with Crippen molar-refractivity contribution in [3.63, 3.8) is 0 Å². The summed E-state index contributed by atoms with van der Waals surface area (Å²) >= 11 is 0. The van der Waals surface area contributed by atoms with Crippen LogP contribution in [-0.2, 0) is 0 Å². The third-order valence-electron chi connectivity index (χ3n) is 3.77. The van der Waals surface area contributed by atoms with Gasteiger partial charge in [0, 0.05) is 18.6 Å². The Morgan fingerprint density at radius 3 is 2.89 bits per heavy atom. The molecule has 1 saturated heterocycles. The molecule has 3 nitrogen and oxygen atoms in total. The van der Waals surface area contributed by atoms with Crippen molar-refractivity contribution in [3.8, 4) is 0 Å². The highest BCUT2D eigenvalue weighted by molar-refractivity contribution is 5.95. The zero-order chi connectivity index (χ0) is 14.0. The van der Waals surface area contributed by atoms with Gasteiger partial charge in [-0.25, -0.2) is 4.39 Å². The van der Waals surface area contributed by atoms with Gasteiger partial charge in [0.15, 0.2) is 0 Å². The zero-order valence-corrected chi connectivity index (χ0v) is 11.5. The van der Waals surface area contributed by atoms with Crippen LogP contribution in [0.1, 0.15) is 42.1 Å². The molecule has 1 aliphatic heterocycles. The molecular weight excluding hydrogens is 243 g/mol. The van der Waals surface area contributed by atoms with E-state index >= 15 is 0 Å². The van der Waals surface area contributed by atoms with Crippen LogP contribution in [0.15, 0.2) is 18.2 Å². The van der Waals surface area contributed by atoms with Gasteiger partial charge in [-0.3, -0.25) is 4.79 Å². The van der Waals surface area contributed by atoms with Crippen molar-refractivity contribution in [2.75, 3.05) is 6.54 Å². The average Bonchev–Trinajstić information content (AvgIpc) is 2.40. The molecule has 0 radical (unpaired) electrons. The first-order valence-electron chi connectivity index (χ1n) is 6.83. The molecule has 4 heteroatoms. The number of hydrogen-bond acceptors (Lipinski definition) is 2. The van der Waals surface area contributed by atoms with Gasteiger partial charge in [-0.2, -0.15) is 0 Å². The normalized spacial score (nSPS) is 21.3. The summed E-state index contributed by atoms with van der Waals surface area (Å²) in [7, 11) is 0. The maximum atomic E-state index is 13.8. The number of aryl methyl sites for hydroxylation is 1. The fraction of sp³-hybridized carbons (Fsp3) is 0.533. The molecule has 1 aliphatic rings. The lowest BCUT2D eigenvalue weighted by molar-refractivity contribution is 0.0579. The van der Waals surface area contributed by atoms with Crippen LogP contribution in [0.5, 0.6) is 0 Å². The average molecular weight is 264 g/mol. The van der Waals surface area contributed by atoms with Crippen molar-refractivity contribution >= 4 is 5.91 Å². The number of piperidine rings is 1. The molecule has 0 spiro atoms. The Kier molecular flexibility index (Phi) is 4.20. The highest BCUT2D eigenvalue weighted by Gasteiger charge is 2.30. The molecule has 2 atom stereocenters. The van der Waals surface area contributed by atoms with Gasteiger partial charge in [-0.05, 0) is 45.2 Å². The van der Waals surface area contributed by atoms with Crippen LogP contribution in [0.2, 0.25) is 0 Å². The van der Waals surface area contributed by atoms with E-state index in [1.807, 2.05) is 13.8 Å². The van der Waals surface area contributed by atoms with Gasteiger partial charge in [0.25, 0.3) is 5.91 Å². The Hall–Kier alpha value is -1.42. The number of hydrogen-bond donors (Lipinski definition) is 1. The van der Waals surface area contributed by atoms with Crippen molar-refractivity contribution < 1.29 is 9.18 Å². The lowest BCUT2D eigenvalue weighted by atomic mass is 9.95. The summed E-state index contributed by atoms with van der Waals surface area (Å²) in [4.78, 5) is 14.3. The van der Waals surface area contributed by atoms with E-state index in [0.717, 1.165) is 24.8 Å². The van der Waals surface area contributed by atoms with Gasteiger partial charge < -0.3 is 10.6 Å². The van der Waals surface area contributed by atoms with Gasteiger partial charge in [0.1, 0.15) is 5.82 Å². The van der Waals surface area contributed by atoms with Crippen LogP contribution in [0.4, 0.5) is 4.39 Å². The van der Waals surface area contributed by atoms with Crippen molar-refractivity contribution in [1.82, 2.24) is 4.90 Å². The quantitative estimate of drug-likeness (QED) is 0.892. The first-order valence-corrected chi connectivity index (χ1v) is 6.83. The van der Waals surface area contributed by atoms with E-state index < -0.39 is 5.82 Å². The first kappa shape index (κ1) is 14.0. The minimum atomic E-state index is -0.454. The first-order chi connectivity index (χ1) is 9.00. The molecule has 0 aromatic heterocycles. The summed E-state index contributed by atoms with van der Waals surface area (Å²) in [6.07, 6.45) is 2.94. The molecule has 104 valence electrons. The monoisotopic (exact) mass is 264 g/mol. The van der Waals surface area contributed by atoms with Crippen molar-refractivity contribution in [2.24, 2.45) is 5.73 Å². The van der Waals surface area contributed by atoms with Crippen LogP contribution >= 0.6 is 0 Å². The summed E-state index contributed by atoms with van der Waals surface area (Å²) in [5.41, 5.74) is 7.00. The van der Waals surface area contributed by atoms with Crippen LogP contribution in [-0.4, -0.2) is 29.4 Å². The fourth-order valence-corrected chi connectivity index (χ4v) is 2.71. The van der Waals surface area contributed by atoms with E-state index in [2.05, 4.69) is 0 Å². The summed E-state index contributed by atoms with van der Waals surface area (Å²) < 4.78 is 13.8. The summed E-state index contributed by atoms with van der Waals surface area (Å²) in [6.45, 7) is 4.43. The second kappa shape index (κ2) is 5.70. The summed E-state index contributed by atoms with van der Waals surface area (Å²) in [5.74, 6) is -0.687. The molecule has 1 heterocycles. The lowest BCUT2D eigenvalue weighted by Crippen LogP contribution is -2.51. The van der Waals surface area contributed by atoms with Crippen LogP contribution in [0, 0.1) is 12.7 Å². The highest BCUT2D eigenvalue weighted by Crippen LogP contribution is 2.22. The molecule has 2 rings (SSSR count). The molecular formula is C15H21FN2O. The van der Waals surface area contributed by atoms with Crippen LogP contribution in [0.3, 0.4) is 0 Å². The van der Waals surface area contributed by atoms with Crippen molar-refractivity contribution in [3.05, 3.63) is 35.1 Å². The van der Waals surface area contributed by atoms with E-state index in [0.29, 0.717) is 6.54 Å². The third-order valence-corrected chi connectivity index (χ3v) is 3.77. The Bertz CT molecular complexity index is 473. The van der Waals surface area contributed by atoms with Gasteiger partial charge in [-0.1, -0.05) is 11.6 Å². The van der Waals surface area contributed by atoms with Gasteiger partial charge in [0.2, 0.25) is 0 Å². The number of rotatable bonds is 2. The standard InChI is InChI=1S/C15H21FN2O/c1-10-6-7-13(16)12(9-10)15(19)18-8-4-3-5-14(18)11(2)17/h6-7,9,11,14H,3-5,8,17H2,1-2H3/t11-,14+/m1/s1. The van der Waals surface area contributed by atoms with Gasteiger partial charge in [-0.15, -0.1) is 0 Å². The van der Waals surface area contributed by atoms with E-state index in [9.17, 15) is 9.18 Å². The summed E-state index contributed by atoms with van der Waals surface area (Å²) in [6, 6.07) is 4.57. The zero-order valence-electron chi connectivity index (χ0n) is 11.5. The molecule has 0 bridgehead atoms. The number of halogens is 1. The topological polar surface area (TPSA) is 46.3 Å². The van der Waals surface area contributed by atoms with Crippen molar-refractivity contribution in [2.45, 2.75) is 45.2 Å². The number of amides is 1. The number of benzene rings is 1. The SMILES string of the molecule is Cc1ccc(F)c(C(=O)N2CCCC[C@H]2[C@@H](C)N)c1. The number of carbonyl (C=O) groups excluding carboxylic acids is 1. The smallest absolute Gasteiger partial charge is 0.257 e. The number of carbonyl (C=O) groups is 1. The number of nitrogens with zero attached hydrogens (tertiary/aromatic N) is 1. The predicted octanol–water partition coefficient (Wildman–Crippen LogP) is 2.48. The molecule has 1 fully saturated rings. The Morgan fingerprint density at radius 2 is 2.21 bits per heavy atom. The van der Waals surface area contributed by atoms with Crippen molar-refractivity contribution in [1.29, 1.82) is 0 Å².